The van der Waals surface area contributed by atoms with Gasteiger partial charge >= 0.3 is 0 Å². The molecule has 1 aliphatic heterocycles. The number of piperidine rings is 1. The van der Waals surface area contributed by atoms with E-state index in [9.17, 15) is 9.90 Å². The SMILES string of the molecule is Cc1cc(CC(=O)N2CCCC(C3(O)CC3)C2)cc(C)n1.O=CO. The summed E-state index contributed by atoms with van der Waals surface area (Å²) in [5, 5.41) is 17.2. The number of hydrogen-bond donors (Lipinski definition) is 2. The summed E-state index contributed by atoms with van der Waals surface area (Å²) >= 11 is 0. The van der Waals surface area contributed by atoms with Crippen molar-refractivity contribution in [3.05, 3.63) is 29.1 Å². The molecule has 1 aromatic heterocycles. The zero-order chi connectivity index (χ0) is 17.7. The topological polar surface area (TPSA) is 90.7 Å². The van der Waals surface area contributed by atoms with E-state index in [1.54, 1.807) is 0 Å². The van der Waals surface area contributed by atoms with Crippen LogP contribution in [0.2, 0.25) is 0 Å². The predicted octanol–water partition coefficient (Wildman–Crippen LogP) is 1.71. The molecule has 0 spiro atoms. The Bertz CT molecular complexity index is 578. The first kappa shape index (κ1) is 18.4. The van der Waals surface area contributed by atoms with Gasteiger partial charge in [-0.25, -0.2) is 0 Å². The second-order valence-corrected chi connectivity index (χ2v) is 6.82. The van der Waals surface area contributed by atoms with Crippen LogP contribution in [0.4, 0.5) is 0 Å². The number of carbonyl (C=O) groups excluding carboxylic acids is 1. The Kier molecular flexibility index (Phi) is 5.94. The number of pyridine rings is 1. The molecule has 1 saturated carbocycles. The first-order valence-corrected chi connectivity index (χ1v) is 8.40. The Morgan fingerprint density at radius 1 is 1.38 bits per heavy atom. The summed E-state index contributed by atoms with van der Waals surface area (Å²) in [5.41, 5.74) is 2.49. The van der Waals surface area contributed by atoms with Crippen molar-refractivity contribution in [2.75, 3.05) is 13.1 Å². The minimum atomic E-state index is -0.469. The number of aliphatic hydroxyl groups is 1. The van der Waals surface area contributed by atoms with Crippen molar-refractivity contribution in [3.8, 4) is 0 Å². The van der Waals surface area contributed by atoms with Crippen molar-refractivity contribution in [2.24, 2.45) is 5.92 Å². The van der Waals surface area contributed by atoms with Crippen molar-refractivity contribution in [1.29, 1.82) is 0 Å². The maximum absolute atomic E-state index is 12.5. The predicted molar refractivity (Wildman–Crippen MR) is 89.6 cm³/mol. The van der Waals surface area contributed by atoms with Crippen LogP contribution in [0.25, 0.3) is 0 Å². The van der Waals surface area contributed by atoms with E-state index in [1.807, 2.05) is 30.9 Å². The molecule has 1 saturated heterocycles. The zero-order valence-corrected chi connectivity index (χ0v) is 14.4. The van der Waals surface area contributed by atoms with E-state index in [1.165, 1.54) is 0 Å². The first-order valence-electron chi connectivity index (χ1n) is 8.40. The molecule has 2 aliphatic rings. The number of hydrogen-bond acceptors (Lipinski definition) is 4. The van der Waals surface area contributed by atoms with Crippen molar-refractivity contribution >= 4 is 12.4 Å². The average molecular weight is 334 g/mol. The molecule has 3 rings (SSSR count). The highest BCUT2D eigenvalue weighted by Crippen LogP contribution is 2.45. The van der Waals surface area contributed by atoms with Gasteiger partial charge in [-0.2, -0.15) is 0 Å². The maximum atomic E-state index is 12.5. The molecule has 2 heterocycles. The van der Waals surface area contributed by atoms with E-state index in [2.05, 4.69) is 4.98 Å². The molecule has 2 fully saturated rings. The van der Waals surface area contributed by atoms with Crippen LogP contribution in [-0.2, 0) is 16.0 Å². The third-order valence-corrected chi connectivity index (χ3v) is 4.79. The van der Waals surface area contributed by atoms with Crippen LogP contribution in [0.5, 0.6) is 0 Å². The Balaban J connectivity index is 0.000000647. The largest absolute Gasteiger partial charge is 0.483 e. The van der Waals surface area contributed by atoms with Gasteiger partial charge in [0.25, 0.3) is 6.47 Å². The Morgan fingerprint density at radius 3 is 2.50 bits per heavy atom. The van der Waals surface area contributed by atoms with Gasteiger partial charge in [-0.3, -0.25) is 14.6 Å². The third-order valence-electron chi connectivity index (χ3n) is 4.79. The van der Waals surface area contributed by atoms with Crippen molar-refractivity contribution < 1.29 is 19.8 Å². The van der Waals surface area contributed by atoms with Crippen LogP contribution in [0.15, 0.2) is 12.1 Å². The highest BCUT2D eigenvalue weighted by molar-refractivity contribution is 5.79. The quantitative estimate of drug-likeness (QED) is 0.821. The third kappa shape index (κ3) is 4.77. The molecule has 0 aromatic carbocycles. The highest BCUT2D eigenvalue weighted by atomic mass is 16.3. The van der Waals surface area contributed by atoms with Crippen LogP contribution < -0.4 is 0 Å². The number of aryl methyl sites for hydroxylation is 2. The van der Waals surface area contributed by atoms with E-state index >= 15 is 0 Å². The average Bonchev–Trinajstić information content (AvgIpc) is 3.26. The normalized spacial score (nSPS) is 21.5. The van der Waals surface area contributed by atoms with Crippen molar-refractivity contribution in [3.63, 3.8) is 0 Å². The molecular formula is C18H26N2O4. The molecule has 0 radical (unpaired) electrons. The first-order chi connectivity index (χ1) is 11.4. The van der Waals surface area contributed by atoms with E-state index in [4.69, 9.17) is 9.90 Å². The van der Waals surface area contributed by atoms with Crippen molar-refractivity contribution in [2.45, 2.75) is 51.6 Å². The molecule has 132 valence electrons. The van der Waals surface area contributed by atoms with E-state index < -0.39 is 5.60 Å². The molecule has 1 unspecified atom stereocenters. The fraction of sp³-hybridized carbons (Fsp3) is 0.611. The van der Waals surface area contributed by atoms with Gasteiger partial charge < -0.3 is 15.1 Å². The van der Waals surface area contributed by atoms with Gasteiger partial charge in [0, 0.05) is 30.4 Å². The molecule has 24 heavy (non-hydrogen) atoms. The molecule has 1 aromatic rings. The Hall–Kier alpha value is -1.95. The van der Waals surface area contributed by atoms with Gasteiger partial charge in [0.05, 0.1) is 12.0 Å². The van der Waals surface area contributed by atoms with Crippen LogP contribution >= 0.6 is 0 Å². The highest BCUT2D eigenvalue weighted by Gasteiger charge is 2.48. The number of aromatic nitrogens is 1. The minimum Gasteiger partial charge on any atom is -0.483 e. The van der Waals surface area contributed by atoms with Crippen LogP contribution in [0, 0.1) is 19.8 Å². The Labute approximate surface area is 142 Å². The molecular weight excluding hydrogens is 308 g/mol. The van der Waals surface area contributed by atoms with Gasteiger partial charge in [0.2, 0.25) is 5.91 Å². The number of rotatable bonds is 3. The second kappa shape index (κ2) is 7.75. The van der Waals surface area contributed by atoms with E-state index in [-0.39, 0.29) is 18.3 Å². The van der Waals surface area contributed by atoms with Gasteiger partial charge in [-0.1, -0.05) is 0 Å². The molecule has 1 aliphatic carbocycles. The van der Waals surface area contributed by atoms with E-state index in [0.29, 0.717) is 6.42 Å². The van der Waals surface area contributed by atoms with Gasteiger partial charge in [0.15, 0.2) is 0 Å². The molecule has 2 N–H and O–H groups in total. The van der Waals surface area contributed by atoms with Gasteiger partial charge in [-0.15, -0.1) is 0 Å². The molecule has 6 nitrogen and oxygen atoms in total. The van der Waals surface area contributed by atoms with Gasteiger partial charge in [0.1, 0.15) is 0 Å². The summed E-state index contributed by atoms with van der Waals surface area (Å²) in [5.74, 6) is 0.449. The summed E-state index contributed by atoms with van der Waals surface area (Å²) in [6.07, 6.45) is 4.31. The zero-order valence-electron chi connectivity index (χ0n) is 14.4. The summed E-state index contributed by atoms with van der Waals surface area (Å²) in [6, 6.07) is 3.97. The maximum Gasteiger partial charge on any atom is 0.290 e. The smallest absolute Gasteiger partial charge is 0.290 e. The molecule has 6 heteroatoms. The lowest BCUT2D eigenvalue weighted by molar-refractivity contribution is -0.133. The number of amides is 1. The van der Waals surface area contributed by atoms with Gasteiger partial charge in [-0.05, 0) is 57.2 Å². The second-order valence-electron chi connectivity index (χ2n) is 6.82. The summed E-state index contributed by atoms with van der Waals surface area (Å²) in [7, 11) is 0. The molecule has 1 atom stereocenters. The fourth-order valence-electron chi connectivity index (χ4n) is 3.49. The summed E-state index contributed by atoms with van der Waals surface area (Å²) in [6.45, 7) is 5.22. The van der Waals surface area contributed by atoms with Crippen LogP contribution in [-0.4, -0.2) is 51.2 Å². The summed E-state index contributed by atoms with van der Waals surface area (Å²) < 4.78 is 0. The minimum absolute atomic E-state index is 0.175. The lowest BCUT2D eigenvalue weighted by Crippen LogP contribution is -2.44. The monoisotopic (exact) mass is 334 g/mol. The molecule has 0 bridgehead atoms. The fourth-order valence-corrected chi connectivity index (χ4v) is 3.49. The van der Waals surface area contributed by atoms with Crippen LogP contribution in [0.3, 0.4) is 0 Å². The standard InChI is InChI=1S/C17H24N2O2.CH2O2/c1-12-8-14(9-13(2)18-12)10-16(20)19-7-3-4-15(11-19)17(21)5-6-17;2-1-3/h8-9,15,21H,3-7,10-11H2,1-2H3;1H,(H,2,3). The van der Waals surface area contributed by atoms with Crippen molar-refractivity contribution in [1.82, 2.24) is 9.88 Å². The molecule has 1 amide bonds. The van der Waals surface area contributed by atoms with Crippen LogP contribution in [0.1, 0.15) is 42.6 Å². The number of carbonyl (C=O) groups is 2. The number of carboxylic acid groups (broad SMARTS) is 1. The lowest BCUT2D eigenvalue weighted by atomic mass is 9.90. The number of likely N-dealkylation sites (tertiary alicyclic amines) is 1. The Morgan fingerprint density at radius 2 is 1.96 bits per heavy atom. The lowest BCUT2D eigenvalue weighted by Gasteiger charge is -2.35. The van der Waals surface area contributed by atoms with E-state index in [0.717, 1.165) is 55.7 Å². The number of nitrogens with zero attached hydrogens (tertiary/aromatic N) is 2. The summed E-state index contributed by atoms with van der Waals surface area (Å²) in [4.78, 5) is 27.2.